The van der Waals surface area contributed by atoms with E-state index in [1.165, 1.54) is 34.4 Å². The molecule has 2 atom stereocenters. The number of hydrogen-bond donors (Lipinski definition) is 0. The molecule has 8 rings (SSSR count). The van der Waals surface area contributed by atoms with Crippen LogP contribution in [0.1, 0.15) is 45.2 Å². The van der Waals surface area contributed by atoms with Crippen molar-refractivity contribution in [1.29, 1.82) is 0 Å². The third kappa shape index (κ3) is 1.17. The zero-order valence-corrected chi connectivity index (χ0v) is 15.1. The van der Waals surface area contributed by atoms with Crippen LogP contribution >= 0.6 is 0 Å². The summed E-state index contributed by atoms with van der Waals surface area (Å²) in [5.41, 5.74) is 5.25. The zero-order chi connectivity index (χ0) is 18.7. The molecule has 0 saturated heterocycles. The highest BCUT2D eigenvalue weighted by molar-refractivity contribution is 6.22. The van der Waals surface area contributed by atoms with E-state index in [4.69, 9.17) is 0 Å². The molecule has 0 aromatic heterocycles. The fourth-order valence-electron chi connectivity index (χ4n) is 6.99. The van der Waals surface area contributed by atoms with Gasteiger partial charge in [0, 0.05) is 11.8 Å². The molecule has 5 aliphatic rings. The van der Waals surface area contributed by atoms with Gasteiger partial charge in [0.05, 0.1) is 10.8 Å². The summed E-state index contributed by atoms with van der Waals surface area (Å²) >= 11 is 0. The average molecular weight is 360 g/mol. The van der Waals surface area contributed by atoms with Gasteiger partial charge in [0.2, 0.25) is 0 Å². The largest absolute Gasteiger partial charge is 0.294 e. The van der Waals surface area contributed by atoms with Gasteiger partial charge < -0.3 is 0 Å². The molecule has 3 aromatic rings. The number of rotatable bonds is 0. The summed E-state index contributed by atoms with van der Waals surface area (Å²) in [6.45, 7) is 0. The van der Waals surface area contributed by atoms with Crippen LogP contribution in [-0.2, 0) is 20.4 Å². The Morgan fingerprint density at radius 1 is 0.500 bits per heavy atom. The van der Waals surface area contributed by atoms with E-state index in [-0.39, 0.29) is 23.4 Å². The zero-order valence-electron chi connectivity index (χ0n) is 15.1. The molecule has 0 saturated carbocycles. The lowest BCUT2D eigenvalue weighted by atomic mass is 9.28. The van der Waals surface area contributed by atoms with Gasteiger partial charge in [-0.25, -0.2) is 0 Å². The minimum absolute atomic E-state index is 0.0739. The molecule has 132 valence electrons. The second-order valence-corrected chi connectivity index (χ2v) is 8.35. The second kappa shape index (κ2) is 4.41. The summed E-state index contributed by atoms with van der Waals surface area (Å²) in [7, 11) is 0. The van der Waals surface area contributed by atoms with Crippen LogP contribution in [0.5, 0.6) is 0 Å². The Hall–Kier alpha value is -3.26. The lowest BCUT2D eigenvalue weighted by Crippen LogP contribution is -2.75. The van der Waals surface area contributed by atoms with Crippen LogP contribution in [0.3, 0.4) is 0 Å². The molecule has 2 bridgehead atoms. The number of carbonyl (C=O) groups excluding carboxylic acids is 2. The maximum absolute atomic E-state index is 13.7. The monoisotopic (exact) mass is 360 g/mol. The highest BCUT2D eigenvalue weighted by atomic mass is 16.1. The first-order valence-corrected chi connectivity index (χ1v) is 9.78. The Morgan fingerprint density at radius 2 is 0.821 bits per heavy atom. The number of fused-ring (bicyclic) bond motifs is 1. The molecule has 0 aliphatic heterocycles. The van der Waals surface area contributed by atoms with Crippen molar-refractivity contribution in [1.82, 2.24) is 0 Å². The third-order valence-electron chi connectivity index (χ3n) is 7.66. The van der Waals surface area contributed by atoms with E-state index >= 15 is 0 Å². The predicted octanol–water partition coefficient (Wildman–Crippen LogP) is 4.17. The van der Waals surface area contributed by atoms with Crippen LogP contribution in [0.25, 0.3) is 0 Å². The van der Waals surface area contributed by atoms with Gasteiger partial charge in [-0.3, -0.25) is 9.59 Å². The minimum atomic E-state index is -0.817. The van der Waals surface area contributed by atoms with Gasteiger partial charge in [-0.2, -0.15) is 0 Å². The SMILES string of the molecule is O=C1C=CC(=O)C23c4ccccc4C12C1c2ccccc2C3c2ccccc21. The van der Waals surface area contributed by atoms with Crippen molar-refractivity contribution in [3.8, 4) is 0 Å². The van der Waals surface area contributed by atoms with E-state index in [0.717, 1.165) is 11.1 Å². The second-order valence-electron chi connectivity index (χ2n) is 8.35. The summed E-state index contributed by atoms with van der Waals surface area (Å²) < 4.78 is 0. The van der Waals surface area contributed by atoms with Crippen molar-refractivity contribution in [2.75, 3.05) is 0 Å². The Morgan fingerprint density at radius 3 is 1.18 bits per heavy atom. The van der Waals surface area contributed by atoms with Crippen LogP contribution in [0.15, 0.2) is 84.9 Å². The third-order valence-corrected chi connectivity index (χ3v) is 7.66. The van der Waals surface area contributed by atoms with E-state index < -0.39 is 10.8 Å². The number of allylic oxidation sites excluding steroid dienone is 2. The fraction of sp³-hybridized carbons (Fsp3) is 0.154. The van der Waals surface area contributed by atoms with E-state index in [1.54, 1.807) is 0 Å². The Labute approximate surface area is 162 Å². The maximum atomic E-state index is 13.7. The first-order chi connectivity index (χ1) is 13.7. The fourth-order valence-corrected chi connectivity index (χ4v) is 6.99. The molecule has 2 nitrogen and oxygen atoms in total. The Balaban J connectivity index is 1.74. The highest BCUT2D eigenvalue weighted by Crippen LogP contribution is 2.77. The van der Waals surface area contributed by atoms with Crippen LogP contribution in [0.2, 0.25) is 0 Å². The Bertz CT molecular complexity index is 1140. The lowest BCUT2D eigenvalue weighted by Gasteiger charge is -2.70. The molecular weight excluding hydrogens is 344 g/mol. The van der Waals surface area contributed by atoms with Crippen LogP contribution in [0, 0.1) is 0 Å². The predicted molar refractivity (Wildman–Crippen MR) is 106 cm³/mol. The topological polar surface area (TPSA) is 34.1 Å². The number of hydrogen-bond acceptors (Lipinski definition) is 2. The first-order valence-electron chi connectivity index (χ1n) is 9.78. The van der Waals surface area contributed by atoms with E-state index in [2.05, 4.69) is 60.7 Å². The van der Waals surface area contributed by atoms with Gasteiger partial charge in [0.1, 0.15) is 0 Å². The lowest BCUT2D eigenvalue weighted by molar-refractivity contribution is -0.140. The van der Waals surface area contributed by atoms with E-state index in [1.807, 2.05) is 12.1 Å². The molecular formula is C26H16O2. The summed E-state index contributed by atoms with van der Waals surface area (Å²) in [5, 5.41) is 0. The molecule has 3 aromatic carbocycles. The standard InChI is InChI=1S/C26H16O2/c27-21-13-14-22(28)26-20-12-6-5-11-19(20)25(21,26)23-15-7-1-2-8-16(15)24(26)18-10-4-3-9-17(18)23/h1-14,23-24H. The molecule has 0 heterocycles. The first kappa shape index (κ1) is 14.8. The number of benzene rings is 3. The number of ketones is 2. The molecule has 2 unspecified atom stereocenters. The normalized spacial score (nSPS) is 32.6. The molecule has 5 aliphatic carbocycles. The molecule has 0 fully saturated rings. The smallest absolute Gasteiger partial charge is 0.168 e. The molecule has 2 heteroatoms. The van der Waals surface area contributed by atoms with Gasteiger partial charge in [-0.15, -0.1) is 0 Å². The van der Waals surface area contributed by atoms with Gasteiger partial charge in [0.15, 0.2) is 11.6 Å². The van der Waals surface area contributed by atoms with Crippen LogP contribution < -0.4 is 0 Å². The summed E-state index contributed by atoms with van der Waals surface area (Å²) in [6, 6.07) is 24.9. The van der Waals surface area contributed by atoms with Crippen molar-refractivity contribution in [3.05, 3.63) is 118 Å². The van der Waals surface area contributed by atoms with Crippen LogP contribution in [-0.4, -0.2) is 11.6 Å². The molecule has 28 heavy (non-hydrogen) atoms. The summed E-state index contributed by atoms with van der Waals surface area (Å²) in [4.78, 5) is 27.4. The van der Waals surface area contributed by atoms with E-state index in [0.29, 0.717) is 0 Å². The molecule has 0 radical (unpaired) electrons. The molecule has 0 spiro atoms. The molecule has 0 N–H and O–H groups in total. The van der Waals surface area contributed by atoms with Gasteiger partial charge in [-0.1, -0.05) is 72.8 Å². The molecule has 0 amide bonds. The average Bonchev–Trinajstić information content (AvgIpc) is 2.74. The van der Waals surface area contributed by atoms with Crippen molar-refractivity contribution < 1.29 is 9.59 Å². The van der Waals surface area contributed by atoms with Gasteiger partial charge >= 0.3 is 0 Å². The van der Waals surface area contributed by atoms with Gasteiger partial charge in [-0.05, 0) is 45.5 Å². The van der Waals surface area contributed by atoms with Gasteiger partial charge in [0.25, 0.3) is 0 Å². The minimum Gasteiger partial charge on any atom is -0.294 e. The van der Waals surface area contributed by atoms with Crippen molar-refractivity contribution in [2.45, 2.75) is 22.7 Å². The number of carbonyl (C=O) groups is 2. The van der Waals surface area contributed by atoms with Crippen molar-refractivity contribution in [2.24, 2.45) is 0 Å². The van der Waals surface area contributed by atoms with Crippen LogP contribution in [0.4, 0.5) is 0 Å². The summed E-state index contributed by atoms with van der Waals surface area (Å²) in [6.07, 6.45) is 3.06. The Kier molecular flexibility index (Phi) is 2.33. The quantitative estimate of drug-likeness (QED) is 0.603. The summed E-state index contributed by atoms with van der Waals surface area (Å²) in [5.74, 6) is -0.1000. The van der Waals surface area contributed by atoms with Crippen molar-refractivity contribution >= 4 is 11.6 Å². The van der Waals surface area contributed by atoms with Crippen molar-refractivity contribution in [3.63, 3.8) is 0 Å². The van der Waals surface area contributed by atoms with E-state index in [9.17, 15) is 9.59 Å². The maximum Gasteiger partial charge on any atom is 0.168 e. The highest BCUT2D eigenvalue weighted by Gasteiger charge is 2.80.